The summed E-state index contributed by atoms with van der Waals surface area (Å²) in [7, 11) is 0. The first-order valence-corrected chi connectivity index (χ1v) is 9.09. The lowest BCUT2D eigenvalue weighted by atomic mass is 10.1. The summed E-state index contributed by atoms with van der Waals surface area (Å²) in [6.45, 7) is 4.12. The lowest BCUT2D eigenvalue weighted by Gasteiger charge is -2.30. The molecule has 1 aliphatic heterocycles. The average Bonchev–Trinajstić information content (AvgIpc) is 2.97. The maximum atomic E-state index is 14.1. The van der Waals surface area contributed by atoms with Gasteiger partial charge in [0.05, 0.1) is 22.9 Å². The number of hydrogen-bond acceptors (Lipinski definition) is 4. The fourth-order valence-electron chi connectivity index (χ4n) is 3.12. The van der Waals surface area contributed by atoms with Crippen molar-refractivity contribution in [2.45, 2.75) is 20.4 Å². The molecule has 2 aromatic carbocycles. The number of anilines is 1. The van der Waals surface area contributed by atoms with Crippen molar-refractivity contribution >= 4 is 22.9 Å². The van der Waals surface area contributed by atoms with Crippen LogP contribution in [0.3, 0.4) is 0 Å². The molecular formula is C20H17FN2O2S. The number of benzene rings is 2. The number of fused-ring (bicyclic) bond motifs is 1. The Morgan fingerprint density at radius 2 is 2.04 bits per heavy atom. The van der Waals surface area contributed by atoms with Gasteiger partial charge in [0.2, 0.25) is 0 Å². The number of aromatic nitrogens is 1. The predicted octanol–water partition coefficient (Wildman–Crippen LogP) is 4.49. The third-order valence-corrected chi connectivity index (χ3v) is 5.25. The Kier molecular flexibility index (Phi) is 4.20. The Hall–Kier alpha value is -2.73. The highest BCUT2D eigenvalue weighted by atomic mass is 32.1. The number of amides is 1. The van der Waals surface area contributed by atoms with Gasteiger partial charge in [-0.2, -0.15) is 0 Å². The van der Waals surface area contributed by atoms with Gasteiger partial charge in [0, 0.05) is 16.0 Å². The van der Waals surface area contributed by atoms with Gasteiger partial charge in [-0.05, 0) is 38.1 Å². The fourth-order valence-corrected chi connectivity index (χ4v) is 3.96. The molecule has 0 fully saturated rings. The summed E-state index contributed by atoms with van der Waals surface area (Å²) in [4.78, 5) is 19.7. The number of rotatable bonds is 3. The number of carbonyl (C=O) groups excluding carboxylic acids is 1. The fraction of sp³-hybridized carbons (Fsp3) is 0.200. The summed E-state index contributed by atoms with van der Waals surface area (Å²) in [5.41, 5.74) is 2.94. The molecule has 3 aromatic rings. The monoisotopic (exact) mass is 368 g/mol. The van der Waals surface area contributed by atoms with E-state index in [0.717, 1.165) is 21.1 Å². The summed E-state index contributed by atoms with van der Waals surface area (Å²) in [5, 5.41) is 0.991. The molecule has 0 atom stereocenters. The number of nitrogens with zero attached hydrogens (tertiary/aromatic N) is 2. The van der Waals surface area contributed by atoms with Gasteiger partial charge in [-0.1, -0.05) is 18.2 Å². The van der Waals surface area contributed by atoms with E-state index in [4.69, 9.17) is 4.74 Å². The highest BCUT2D eigenvalue weighted by Gasteiger charge is 2.27. The molecule has 0 spiro atoms. The quantitative estimate of drug-likeness (QED) is 0.684. The van der Waals surface area contributed by atoms with E-state index in [2.05, 4.69) is 4.98 Å². The van der Waals surface area contributed by atoms with E-state index in [1.807, 2.05) is 32.0 Å². The summed E-state index contributed by atoms with van der Waals surface area (Å²) in [5.74, 6) is 0.105. The first kappa shape index (κ1) is 16.7. The van der Waals surface area contributed by atoms with Crippen molar-refractivity contribution < 1.29 is 13.9 Å². The smallest absolute Gasteiger partial charge is 0.265 e. The standard InChI is InChI=1S/C20H17FN2O2S/c1-12-20(22-13(2)26-12)14-7-8-18-17(9-14)23(19(24)11-25-18)10-15-5-3-4-6-16(15)21/h3-9H,10-11H2,1-2H3. The van der Waals surface area contributed by atoms with Crippen LogP contribution >= 0.6 is 11.3 Å². The second-order valence-electron chi connectivity index (χ2n) is 6.18. The third-order valence-electron chi connectivity index (χ3n) is 4.37. The van der Waals surface area contributed by atoms with Crippen LogP contribution in [-0.4, -0.2) is 17.5 Å². The topological polar surface area (TPSA) is 42.4 Å². The zero-order valence-electron chi connectivity index (χ0n) is 14.5. The Bertz CT molecular complexity index is 999. The molecule has 0 aliphatic carbocycles. The zero-order chi connectivity index (χ0) is 18.3. The van der Waals surface area contributed by atoms with Crippen molar-refractivity contribution in [3.63, 3.8) is 0 Å². The van der Waals surface area contributed by atoms with Crippen molar-refractivity contribution in [2.24, 2.45) is 0 Å². The molecule has 0 saturated carbocycles. The molecule has 0 bridgehead atoms. The van der Waals surface area contributed by atoms with Gasteiger partial charge in [0.1, 0.15) is 11.6 Å². The van der Waals surface area contributed by atoms with Crippen LogP contribution in [0.1, 0.15) is 15.4 Å². The second-order valence-corrected chi connectivity index (χ2v) is 7.59. The van der Waals surface area contributed by atoms with Crippen LogP contribution in [0.4, 0.5) is 10.1 Å². The molecule has 4 nitrogen and oxygen atoms in total. The second kappa shape index (κ2) is 6.53. The van der Waals surface area contributed by atoms with Crippen molar-refractivity contribution in [2.75, 3.05) is 11.5 Å². The van der Waals surface area contributed by atoms with Gasteiger partial charge in [0.15, 0.2) is 6.61 Å². The summed E-state index contributed by atoms with van der Waals surface area (Å²) < 4.78 is 19.6. The van der Waals surface area contributed by atoms with Crippen LogP contribution in [0.5, 0.6) is 5.75 Å². The van der Waals surface area contributed by atoms with Crippen LogP contribution in [0.2, 0.25) is 0 Å². The minimum absolute atomic E-state index is 0.0460. The Balaban J connectivity index is 1.76. The van der Waals surface area contributed by atoms with Crippen molar-refractivity contribution in [1.82, 2.24) is 4.98 Å². The minimum Gasteiger partial charge on any atom is -0.482 e. The highest BCUT2D eigenvalue weighted by molar-refractivity contribution is 7.11. The van der Waals surface area contributed by atoms with E-state index in [9.17, 15) is 9.18 Å². The van der Waals surface area contributed by atoms with E-state index >= 15 is 0 Å². The third kappa shape index (κ3) is 2.97. The molecule has 1 aliphatic rings. The number of carbonyl (C=O) groups is 1. The molecule has 1 amide bonds. The largest absolute Gasteiger partial charge is 0.482 e. The van der Waals surface area contributed by atoms with E-state index in [-0.39, 0.29) is 24.9 Å². The van der Waals surface area contributed by atoms with Gasteiger partial charge in [0.25, 0.3) is 5.91 Å². The summed E-state index contributed by atoms with van der Waals surface area (Å²) in [6.07, 6.45) is 0. The molecule has 1 aromatic heterocycles. The van der Waals surface area contributed by atoms with Gasteiger partial charge in [-0.3, -0.25) is 4.79 Å². The molecule has 0 radical (unpaired) electrons. The van der Waals surface area contributed by atoms with Gasteiger partial charge >= 0.3 is 0 Å². The summed E-state index contributed by atoms with van der Waals surface area (Å²) in [6, 6.07) is 12.2. The minimum atomic E-state index is -0.324. The van der Waals surface area contributed by atoms with Crippen LogP contribution < -0.4 is 9.64 Å². The molecule has 6 heteroatoms. The zero-order valence-corrected chi connectivity index (χ0v) is 15.3. The van der Waals surface area contributed by atoms with E-state index in [1.54, 1.807) is 34.4 Å². The average molecular weight is 368 g/mol. The van der Waals surface area contributed by atoms with Gasteiger partial charge < -0.3 is 9.64 Å². The van der Waals surface area contributed by atoms with Crippen LogP contribution in [-0.2, 0) is 11.3 Å². The number of halogens is 1. The van der Waals surface area contributed by atoms with E-state index in [0.29, 0.717) is 17.0 Å². The number of hydrogen-bond donors (Lipinski definition) is 0. The first-order chi connectivity index (χ1) is 12.5. The molecular weight excluding hydrogens is 351 g/mol. The lowest BCUT2D eigenvalue weighted by molar-refractivity contribution is -0.121. The number of aryl methyl sites for hydroxylation is 2. The maximum absolute atomic E-state index is 14.1. The summed E-state index contributed by atoms with van der Waals surface area (Å²) >= 11 is 1.63. The Morgan fingerprint density at radius 3 is 2.77 bits per heavy atom. The molecule has 132 valence electrons. The molecule has 26 heavy (non-hydrogen) atoms. The number of ether oxygens (including phenoxy) is 1. The molecule has 0 unspecified atom stereocenters. The molecule has 0 saturated heterocycles. The molecule has 2 heterocycles. The first-order valence-electron chi connectivity index (χ1n) is 8.28. The maximum Gasteiger partial charge on any atom is 0.265 e. The molecule has 4 rings (SSSR count). The van der Waals surface area contributed by atoms with Crippen molar-refractivity contribution in [1.29, 1.82) is 0 Å². The lowest BCUT2D eigenvalue weighted by Crippen LogP contribution is -2.38. The van der Waals surface area contributed by atoms with E-state index < -0.39 is 0 Å². The van der Waals surface area contributed by atoms with Gasteiger partial charge in [-0.25, -0.2) is 9.37 Å². The predicted molar refractivity (Wildman–Crippen MR) is 100 cm³/mol. The molecule has 0 N–H and O–H groups in total. The highest BCUT2D eigenvalue weighted by Crippen LogP contribution is 2.38. The normalized spacial score (nSPS) is 13.5. The van der Waals surface area contributed by atoms with Gasteiger partial charge in [-0.15, -0.1) is 11.3 Å². The van der Waals surface area contributed by atoms with Crippen LogP contribution in [0.15, 0.2) is 42.5 Å². The van der Waals surface area contributed by atoms with Crippen LogP contribution in [0.25, 0.3) is 11.3 Å². The SMILES string of the molecule is Cc1nc(-c2ccc3c(c2)N(Cc2ccccc2F)C(=O)CO3)c(C)s1. The van der Waals surface area contributed by atoms with Crippen molar-refractivity contribution in [3.05, 3.63) is 63.7 Å². The number of thiazole rings is 1. The van der Waals surface area contributed by atoms with Crippen molar-refractivity contribution in [3.8, 4) is 17.0 Å². The van der Waals surface area contributed by atoms with Crippen LogP contribution in [0, 0.1) is 19.7 Å². The van der Waals surface area contributed by atoms with E-state index in [1.165, 1.54) is 6.07 Å². The Morgan fingerprint density at radius 1 is 1.23 bits per heavy atom. The Labute approximate surface area is 154 Å².